The first-order valence-corrected chi connectivity index (χ1v) is 12.9. The number of phenolic OH excluding ortho intramolecular Hbond substituents is 3. The topological polar surface area (TPSA) is 251 Å². The van der Waals surface area contributed by atoms with Crippen LogP contribution in [-0.4, -0.2) is 126 Å². The maximum atomic E-state index is 10.6. The Hall–Kier alpha value is -3.35. The van der Waals surface area contributed by atoms with Crippen molar-refractivity contribution < 1.29 is 74.4 Å². The van der Waals surface area contributed by atoms with Crippen molar-refractivity contribution in [2.75, 3.05) is 13.2 Å². The summed E-state index contributed by atoms with van der Waals surface area (Å²) in [6.45, 7) is -1.23. The molecule has 2 saturated heterocycles. The van der Waals surface area contributed by atoms with Gasteiger partial charge in [-0.25, -0.2) is 4.42 Å². The van der Waals surface area contributed by atoms with Gasteiger partial charge in [-0.05, 0) is 18.2 Å². The molecule has 0 aliphatic carbocycles. The first-order chi connectivity index (χ1) is 20.0. The normalized spacial score (nSPS) is 33.5. The predicted molar refractivity (Wildman–Crippen MR) is 138 cm³/mol. The average molecular weight is 596 g/mol. The van der Waals surface area contributed by atoms with E-state index in [2.05, 4.69) is 0 Å². The molecule has 1 aromatic heterocycles. The molecule has 2 aliphatic rings. The monoisotopic (exact) mass is 595 g/mol. The standard InChI is InChI=1S/C27H30O15/c28-8-18-20(32)22(34)24(36)26(41-18)38-9-19-21(33)23(35)25(37)27(42-19)39-11-6-14(30)12-2-4-16(40-17(12)7-11)10-1-3-13(29)15(31)5-10/h1-7,18-28,32-37H,8-9H2,(H2-,29,30,31)/p+1/t18-,19-,20-,21-,22+,23+,24-,25-,26-,27-/m1/s1. The summed E-state index contributed by atoms with van der Waals surface area (Å²) in [5.74, 6) is -0.734. The van der Waals surface area contributed by atoms with E-state index in [1.807, 2.05) is 0 Å². The summed E-state index contributed by atoms with van der Waals surface area (Å²) in [7, 11) is 0. The van der Waals surface area contributed by atoms with Crippen LogP contribution < -0.4 is 4.74 Å². The van der Waals surface area contributed by atoms with Crippen LogP contribution in [0.15, 0.2) is 46.9 Å². The van der Waals surface area contributed by atoms with Crippen LogP contribution in [0.25, 0.3) is 22.3 Å². The molecule has 0 unspecified atom stereocenters. The van der Waals surface area contributed by atoms with Gasteiger partial charge in [0.2, 0.25) is 6.29 Å². The number of aromatic hydroxyl groups is 3. The van der Waals surface area contributed by atoms with Crippen molar-refractivity contribution in [1.29, 1.82) is 0 Å². The smallest absolute Gasteiger partial charge is 0.368 e. The second-order valence-corrected chi connectivity index (χ2v) is 10.0. The number of hydrogen-bond acceptors (Lipinski definition) is 14. The third-order valence-electron chi connectivity index (χ3n) is 7.17. The first kappa shape index (κ1) is 30.1. The zero-order valence-corrected chi connectivity index (χ0v) is 21.7. The van der Waals surface area contributed by atoms with Crippen molar-refractivity contribution in [3.8, 4) is 34.3 Å². The van der Waals surface area contributed by atoms with E-state index in [9.17, 15) is 51.1 Å². The maximum Gasteiger partial charge on any atom is 0.368 e. The molecule has 0 saturated carbocycles. The second kappa shape index (κ2) is 12.1. The molecule has 0 amide bonds. The van der Waals surface area contributed by atoms with Crippen molar-refractivity contribution in [2.45, 2.75) is 61.4 Å². The zero-order valence-electron chi connectivity index (χ0n) is 21.7. The quantitative estimate of drug-likeness (QED) is 0.110. The molecular formula is C27H31O15+. The SMILES string of the molecule is OC[C@H]1O[C@@H](OC[C@H]2O[C@@H](Oc3cc(O)c4ccc(-c5ccc(O)c(O)c5)[o+]c4c3)[C@H](O)[C@@H](O)[C@@H]2O)[C@H](O)[C@@H](O)[C@@H]1O. The molecule has 0 spiro atoms. The van der Waals surface area contributed by atoms with Gasteiger partial charge < -0.3 is 70.0 Å². The van der Waals surface area contributed by atoms with Gasteiger partial charge in [-0.3, -0.25) is 0 Å². The van der Waals surface area contributed by atoms with E-state index >= 15 is 0 Å². The summed E-state index contributed by atoms with van der Waals surface area (Å²) in [6, 6.07) is 9.73. The zero-order chi connectivity index (χ0) is 30.3. The molecule has 3 heterocycles. The molecule has 5 rings (SSSR count). The van der Waals surface area contributed by atoms with E-state index in [1.165, 1.54) is 30.3 Å². The van der Waals surface area contributed by atoms with Crippen LogP contribution in [0.5, 0.6) is 23.0 Å². The highest BCUT2D eigenvalue weighted by atomic mass is 16.7. The fourth-order valence-electron chi connectivity index (χ4n) is 4.73. The van der Waals surface area contributed by atoms with Crippen LogP contribution >= 0.6 is 0 Å². The van der Waals surface area contributed by atoms with Gasteiger partial charge in [0.25, 0.3) is 0 Å². The summed E-state index contributed by atoms with van der Waals surface area (Å²) in [5, 5.41) is 101. The molecule has 228 valence electrons. The Balaban J connectivity index is 1.33. The molecule has 2 fully saturated rings. The first-order valence-electron chi connectivity index (χ1n) is 12.9. The lowest BCUT2D eigenvalue weighted by Gasteiger charge is -2.42. The number of phenols is 3. The van der Waals surface area contributed by atoms with E-state index in [0.717, 1.165) is 0 Å². The molecule has 10 atom stereocenters. The lowest BCUT2D eigenvalue weighted by molar-refractivity contribution is -0.323. The minimum atomic E-state index is -1.78. The highest BCUT2D eigenvalue weighted by molar-refractivity contribution is 5.86. The van der Waals surface area contributed by atoms with Crippen molar-refractivity contribution in [3.05, 3.63) is 42.5 Å². The lowest BCUT2D eigenvalue weighted by atomic mass is 9.98. The maximum absolute atomic E-state index is 10.6. The Kier molecular flexibility index (Phi) is 8.68. The number of benzene rings is 2. The highest BCUT2D eigenvalue weighted by Crippen LogP contribution is 2.37. The van der Waals surface area contributed by atoms with Crippen molar-refractivity contribution in [1.82, 2.24) is 0 Å². The molecule has 42 heavy (non-hydrogen) atoms. The number of ether oxygens (including phenoxy) is 4. The Morgan fingerprint density at radius 3 is 2.02 bits per heavy atom. The van der Waals surface area contributed by atoms with E-state index in [0.29, 0.717) is 10.9 Å². The number of fused-ring (bicyclic) bond motifs is 1. The van der Waals surface area contributed by atoms with Gasteiger partial charge in [-0.15, -0.1) is 0 Å². The Labute approximate surface area is 237 Å². The number of rotatable bonds is 7. The molecule has 15 heteroatoms. The Morgan fingerprint density at radius 1 is 0.667 bits per heavy atom. The number of aliphatic hydroxyl groups excluding tert-OH is 7. The lowest BCUT2D eigenvalue weighted by Crippen LogP contribution is -2.62. The predicted octanol–water partition coefficient (Wildman–Crippen LogP) is -1.50. The van der Waals surface area contributed by atoms with Crippen LogP contribution in [-0.2, 0) is 14.2 Å². The Bertz CT molecular complexity index is 1400. The second-order valence-electron chi connectivity index (χ2n) is 10.0. The summed E-state index contributed by atoms with van der Waals surface area (Å²) >= 11 is 0. The minimum absolute atomic E-state index is 0.0595. The van der Waals surface area contributed by atoms with Crippen molar-refractivity contribution >= 4 is 11.0 Å². The minimum Gasteiger partial charge on any atom is -0.507 e. The largest absolute Gasteiger partial charge is 0.507 e. The highest BCUT2D eigenvalue weighted by Gasteiger charge is 2.48. The van der Waals surface area contributed by atoms with Crippen LogP contribution in [0, 0.1) is 0 Å². The van der Waals surface area contributed by atoms with Gasteiger partial charge >= 0.3 is 11.3 Å². The summed E-state index contributed by atoms with van der Waals surface area (Å²) in [6.07, 6.45) is -16.0. The van der Waals surface area contributed by atoms with Crippen LogP contribution in [0.4, 0.5) is 0 Å². The fraction of sp³-hybridized carbons (Fsp3) is 0.444. The van der Waals surface area contributed by atoms with Crippen LogP contribution in [0.1, 0.15) is 0 Å². The molecule has 0 bridgehead atoms. The molecule has 0 radical (unpaired) electrons. The van der Waals surface area contributed by atoms with Crippen LogP contribution in [0.3, 0.4) is 0 Å². The summed E-state index contributed by atoms with van der Waals surface area (Å²) < 4.78 is 27.8. The van der Waals surface area contributed by atoms with Crippen molar-refractivity contribution in [3.63, 3.8) is 0 Å². The third-order valence-corrected chi connectivity index (χ3v) is 7.17. The van der Waals surface area contributed by atoms with Gasteiger partial charge in [0.1, 0.15) is 65.7 Å². The van der Waals surface area contributed by atoms with E-state index < -0.39 is 74.6 Å². The number of hydrogen-bond donors (Lipinski definition) is 10. The summed E-state index contributed by atoms with van der Waals surface area (Å²) in [4.78, 5) is 0. The molecule has 2 aliphatic heterocycles. The van der Waals surface area contributed by atoms with Gasteiger partial charge in [0.15, 0.2) is 17.8 Å². The van der Waals surface area contributed by atoms with E-state index in [-0.39, 0.29) is 34.3 Å². The number of aliphatic hydroxyl groups is 7. The molecule has 2 aromatic carbocycles. The van der Waals surface area contributed by atoms with Gasteiger partial charge in [0.05, 0.1) is 24.8 Å². The van der Waals surface area contributed by atoms with Gasteiger partial charge in [-0.2, -0.15) is 0 Å². The molecule has 15 nitrogen and oxygen atoms in total. The van der Waals surface area contributed by atoms with E-state index in [1.54, 1.807) is 12.1 Å². The fourth-order valence-corrected chi connectivity index (χ4v) is 4.73. The van der Waals surface area contributed by atoms with Crippen LogP contribution in [0.2, 0.25) is 0 Å². The molecule has 10 N–H and O–H groups in total. The van der Waals surface area contributed by atoms with Crippen molar-refractivity contribution in [2.24, 2.45) is 0 Å². The molecule has 3 aromatic rings. The molecular weight excluding hydrogens is 564 g/mol. The summed E-state index contributed by atoms with van der Waals surface area (Å²) in [5.41, 5.74) is 0.548. The van der Waals surface area contributed by atoms with Gasteiger partial charge in [-0.1, -0.05) is 0 Å². The third kappa shape index (κ3) is 5.80. The van der Waals surface area contributed by atoms with Gasteiger partial charge in [0, 0.05) is 18.2 Å². The average Bonchev–Trinajstić information content (AvgIpc) is 2.97. The van der Waals surface area contributed by atoms with E-state index in [4.69, 9.17) is 23.4 Å². The Morgan fingerprint density at radius 2 is 1.33 bits per heavy atom.